The third kappa shape index (κ3) is 4.92. The standard InChI is InChI=1S/C23H27N5O2/c1-2-3-4-5-8-15-28-19-10-7-6-9-18(19)21(24)20(23(28)30)22(29)27-26-16-17-11-13-25-14-12-17/h6-7,9-14,16H,2-5,8,15,24H2,1H3,(H,27,29)/b26-16-. The van der Waals surface area contributed by atoms with Crippen molar-refractivity contribution < 1.29 is 4.79 Å². The molecule has 0 unspecified atom stereocenters. The number of rotatable bonds is 9. The maximum Gasteiger partial charge on any atom is 0.279 e. The smallest absolute Gasteiger partial charge is 0.279 e. The van der Waals surface area contributed by atoms with E-state index in [-0.39, 0.29) is 11.3 Å². The Bertz CT molecular complexity index is 1090. The molecule has 0 aliphatic heterocycles. The first kappa shape index (κ1) is 21.2. The van der Waals surface area contributed by atoms with E-state index in [1.54, 1.807) is 29.1 Å². The van der Waals surface area contributed by atoms with Gasteiger partial charge in [0.15, 0.2) is 0 Å². The molecule has 3 aromatic rings. The van der Waals surface area contributed by atoms with Crippen LogP contribution in [0.15, 0.2) is 58.7 Å². The number of benzene rings is 1. The van der Waals surface area contributed by atoms with Gasteiger partial charge in [0, 0.05) is 24.3 Å². The second kappa shape index (κ2) is 10.3. The highest BCUT2D eigenvalue weighted by molar-refractivity contribution is 6.06. The number of carbonyl (C=O) groups is 1. The predicted molar refractivity (Wildman–Crippen MR) is 121 cm³/mol. The first-order valence-electron chi connectivity index (χ1n) is 10.3. The quantitative estimate of drug-likeness (QED) is 0.322. The largest absolute Gasteiger partial charge is 0.397 e. The highest BCUT2D eigenvalue weighted by Gasteiger charge is 2.20. The van der Waals surface area contributed by atoms with Crippen molar-refractivity contribution >= 4 is 28.7 Å². The van der Waals surface area contributed by atoms with Gasteiger partial charge in [0.2, 0.25) is 0 Å². The summed E-state index contributed by atoms with van der Waals surface area (Å²) in [5, 5.41) is 4.64. The van der Waals surface area contributed by atoms with Crippen LogP contribution in [0, 0.1) is 0 Å². The Morgan fingerprint density at radius 1 is 1.13 bits per heavy atom. The summed E-state index contributed by atoms with van der Waals surface area (Å²) in [6.45, 7) is 2.71. The lowest BCUT2D eigenvalue weighted by molar-refractivity contribution is 0.0954. The number of para-hydroxylation sites is 1. The van der Waals surface area contributed by atoms with Gasteiger partial charge < -0.3 is 10.3 Å². The number of pyridine rings is 2. The first-order chi connectivity index (χ1) is 14.6. The molecule has 1 aromatic carbocycles. The molecule has 0 saturated heterocycles. The van der Waals surface area contributed by atoms with E-state index in [4.69, 9.17) is 5.73 Å². The Kier molecular flexibility index (Phi) is 7.32. The minimum absolute atomic E-state index is 0.0749. The zero-order valence-electron chi connectivity index (χ0n) is 17.2. The molecule has 2 heterocycles. The summed E-state index contributed by atoms with van der Waals surface area (Å²) >= 11 is 0. The summed E-state index contributed by atoms with van der Waals surface area (Å²) < 4.78 is 1.65. The fourth-order valence-corrected chi connectivity index (χ4v) is 3.42. The summed E-state index contributed by atoms with van der Waals surface area (Å²) in [6, 6.07) is 10.9. The average Bonchev–Trinajstić information content (AvgIpc) is 2.76. The Hall–Kier alpha value is -3.48. The van der Waals surface area contributed by atoms with Crippen molar-refractivity contribution in [2.75, 3.05) is 5.73 Å². The van der Waals surface area contributed by atoms with Crippen LogP contribution in [0.5, 0.6) is 0 Å². The van der Waals surface area contributed by atoms with Crippen LogP contribution in [0.2, 0.25) is 0 Å². The van der Waals surface area contributed by atoms with Crippen molar-refractivity contribution in [3.05, 3.63) is 70.3 Å². The number of nitrogens with two attached hydrogens (primary N) is 1. The van der Waals surface area contributed by atoms with Crippen LogP contribution in [0.25, 0.3) is 10.9 Å². The Balaban J connectivity index is 1.88. The van der Waals surface area contributed by atoms with E-state index < -0.39 is 11.5 Å². The molecule has 0 atom stereocenters. The zero-order valence-corrected chi connectivity index (χ0v) is 17.2. The zero-order chi connectivity index (χ0) is 21.3. The van der Waals surface area contributed by atoms with Crippen LogP contribution >= 0.6 is 0 Å². The fraction of sp³-hybridized carbons (Fsp3) is 0.304. The summed E-state index contributed by atoms with van der Waals surface area (Å²) in [6.07, 6.45) is 10.1. The average molecular weight is 406 g/mol. The minimum Gasteiger partial charge on any atom is -0.397 e. The lowest BCUT2D eigenvalue weighted by atomic mass is 10.1. The van der Waals surface area contributed by atoms with Crippen molar-refractivity contribution in [2.24, 2.45) is 5.10 Å². The normalized spacial score (nSPS) is 11.2. The molecule has 1 amide bonds. The van der Waals surface area contributed by atoms with Crippen molar-refractivity contribution in [1.29, 1.82) is 0 Å². The van der Waals surface area contributed by atoms with E-state index in [1.807, 2.05) is 24.3 Å². The first-order valence-corrected chi connectivity index (χ1v) is 10.3. The van der Waals surface area contributed by atoms with Gasteiger partial charge in [-0.25, -0.2) is 5.43 Å². The SMILES string of the molecule is CCCCCCCn1c(=O)c(C(=O)N/N=C\c2ccncc2)c(N)c2ccccc21. The number of aryl methyl sites for hydroxylation is 1. The summed E-state index contributed by atoms with van der Waals surface area (Å²) in [7, 11) is 0. The monoisotopic (exact) mass is 405 g/mol. The van der Waals surface area contributed by atoms with Crippen molar-refractivity contribution in [3.63, 3.8) is 0 Å². The van der Waals surface area contributed by atoms with E-state index in [0.29, 0.717) is 11.9 Å². The van der Waals surface area contributed by atoms with Gasteiger partial charge in [-0.15, -0.1) is 0 Å². The third-order valence-electron chi connectivity index (χ3n) is 5.01. The summed E-state index contributed by atoms with van der Waals surface area (Å²) in [4.78, 5) is 29.8. The van der Waals surface area contributed by atoms with E-state index in [9.17, 15) is 9.59 Å². The number of aromatic nitrogens is 2. The predicted octanol–water partition coefficient (Wildman–Crippen LogP) is 3.71. The molecule has 0 aliphatic rings. The Morgan fingerprint density at radius 3 is 2.63 bits per heavy atom. The number of unbranched alkanes of at least 4 members (excludes halogenated alkanes) is 4. The fourth-order valence-electron chi connectivity index (χ4n) is 3.42. The number of amides is 1. The van der Waals surface area contributed by atoms with Crippen molar-refractivity contribution in [2.45, 2.75) is 45.6 Å². The molecule has 0 radical (unpaired) electrons. The van der Waals surface area contributed by atoms with Gasteiger partial charge >= 0.3 is 0 Å². The van der Waals surface area contributed by atoms with Gasteiger partial charge in [-0.3, -0.25) is 14.6 Å². The molecule has 0 saturated carbocycles. The van der Waals surface area contributed by atoms with Crippen LogP contribution in [-0.2, 0) is 6.54 Å². The number of nitrogens with zero attached hydrogens (tertiary/aromatic N) is 3. The lowest BCUT2D eigenvalue weighted by Gasteiger charge is -2.15. The Morgan fingerprint density at radius 2 is 1.87 bits per heavy atom. The van der Waals surface area contributed by atoms with Gasteiger partial charge in [-0.05, 0) is 30.2 Å². The number of nitrogen functional groups attached to an aromatic ring is 1. The molecule has 7 nitrogen and oxygen atoms in total. The molecule has 156 valence electrons. The van der Waals surface area contributed by atoms with Crippen LogP contribution in [0.4, 0.5) is 5.69 Å². The molecule has 7 heteroatoms. The van der Waals surface area contributed by atoms with Gasteiger partial charge in [0.1, 0.15) is 5.56 Å². The molecule has 2 aromatic heterocycles. The molecule has 30 heavy (non-hydrogen) atoms. The molecular weight excluding hydrogens is 378 g/mol. The molecule has 3 N–H and O–H groups in total. The number of hydrogen-bond donors (Lipinski definition) is 2. The van der Waals surface area contributed by atoms with Gasteiger partial charge in [-0.2, -0.15) is 5.10 Å². The maximum atomic E-state index is 13.2. The lowest BCUT2D eigenvalue weighted by Crippen LogP contribution is -2.33. The number of hydrogen-bond acceptors (Lipinski definition) is 5. The molecule has 0 aliphatic carbocycles. The summed E-state index contributed by atoms with van der Waals surface area (Å²) in [5.41, 5.74) is 9.89. The van der Waals surface area contributed by atoms with E-state index in [1.165, 1.54) is 12.6 Å². The Labute approximate surface area is 175 Å². The molecule has 0 spiro atoms. The van der Waals surface area contributed by atoms with Gasteiger partial charge in [0.05, 0.1) is 17.4 Å². The number of anilines is 1. The number of fused-ring (bicyclic) bond motifs is 1. The van der Waals surface area contributed by atoms with E-state index in [2.05, 4.69) is 22.4 Å². The van der Waals surface area contributed by atoms with Crippen LogP contribution in [0.3, 0.4) is 0 Å². The number of carbonyl (C=O) groups excluding carboxylic acids is 1. The van der Waals surface area contributed by atoms with E-state index >= 15 is 0 Å². The van der Waals surface area contributed by atoms with Crippen LogP contribution < -0.4 is 16.7 Å². The van der Waals surface area contributed by atoms with E-state index in [0.717, 1.165) is 36.8 Å². The van der Waals surface area contributed by atoms with Crippen molar-refractivity contribution in [3.8, 4) is 0 Å². The molecular formula is C23H27N5O2. The minimum atomic E-state index is -0.617. The topological polar surface area (TPSA) is 102 Å². The third-order valence-corrected chi connectivity index (χ3v) is 5.01. The number of hydrazone groups is 1. The van der Waals surface area contributed by atoms with Crippen molar-refractivity contribution in [1.82, 2.24) is 15.0 Å². The highest BCUT2D eigenvalue weighted by atomic mass is 16.2. The summed E-state index contributed by atoms with van der Waals surface area (Å²) in [5.74, 6) is -0.617. The molecule has 0 fully saturated rings. The number of nitrogens with one attached hydrogen (secondary N) is 1. The second-order valence-electron chi connectivity index (χ2n) is 7.16. The van der Waals surface area contributed by atoms with Crippen LogP contribution in [0.1, 0.15) is 54.9 Å². The maximum absolute atomic E-state index is 13.2. The highest BCUT2D eigenvalue weighted by Crippen LogP contribution is 2.23. The molecule has 3 rings (SSSR count). The van der Waals surface area contributed by atoms with Gasteiger partial charge in [-0.1, -0.05) is 50.8 Å². The van der Waals surface area contributed by atoms with Gasteiger partial charge in [0.25, 0.3) is 11.5 Å². The van der Waals surface area contributed by atoms with Crippen LogP contribution in [-0.4, -0.2) is 21.7 Å². The molecule has 0 bridgehead atoms. The second-order valence-corrected chi connectivity index (χ2v) is 7.16.